The highest BCUT2D eigenvalue weighted by atomic mass is 35.5. The number of ether oxygens (including phenoxy) is 1. The van der Waals surface area contributed by atoms with E-state index in [1.807, 2.05) is 0 Å². The number of nitrogens with one attached hydrogen (secondary N) is 2. The van der Waals surface area contributed by atoms with Gasteiger partial charge in [-0.15, -0.1) is 0 Å². The zero-order valence-electron chi connectivity index (χ0n) is 12.7. The first-order chi connectivity index (χ1) is 11.4. The van der Waals surface area contributed by atoms with E-state index in [2.05, 4.69) is 20.6 Å². The smallest absolute Gasteiger partial charge is 0.319 e. The average molecular weight is 351 g/mol. The Hall–Kier alpha value is -3.07. The lowest BCUT2D eigenvalue weighted by molar-refractivity contribution is 0.0998. The second kappa shape index (κ2) is 7.47. The number of amides is 3. The van der Waals surface area contributed by atoms with E-state index in [1.54, 1.807) is 13.0 Å². The zero-order valence-corrected chi connectivity index (χ0v) is 13.4. The highest BCUT2D eigenvalue weighted by Crippen LogP contribution is 2.31. The first kappa shape index (κ1) is 17.3. The quantitative estimate of drug-likeness (QED) is 0.646. The van der Waals surface area contributed by atoms with Gasteiger partial charge in [-0.05, 0) is 19.1 Å². The van der Waals surface area contributed by atoms with Gasteiger partial charge in [-0.2, -0.15) is 0 Å². The molecule has 2 aromatic rings. The van der Waals surface area contributed by atoms with Gasteiger partial charge in [0.05, 0.1) is 10.7 Å². The van der Waals surface area contributed by atoms with E-state index in [9.17, 15) is 9.59 Å². The number of anilines is 2. The Kier molecular flexibility index (Phi) is 5.38. The molecule has 0 saturated heterocycles. The molecule has 10 heteroatoms. The molecule has 6 N–H and O–H groups in total. The van der Waals surface area contributed by atoms with Gasteiger partial charge in [0.1, 0.15) is 23.5 Å². The SMILES string of the molecule is CCNC(=O)Nc1ccc(Oc2ncnc(N)c2C(N)=O)cc1Cl. The minimum absolute atomic E-state index is 0.0875. The molecule has 1 heterocycles. The monoisotopic (exact) mass is 350 g/mol. The van der Waals surface area contributed by atoms with Crippen molar-refractivity contribution in [3.8, 4) is 11.6 Å². The molecule has 0 fully saturated rings. The van der Waals surface area contributed by atoms with Crippen molar-refractivity contribution in [3.63, 3.8) is 0 Å². The summed E-state index contributed by atoms with van der Waals surface area (Å²) in [6.45, 7) is 2.28. The minimum Gasteiger partial charge on any atom is -0.438 e. The largest absolute Gasteiger partial charge is 0.438 e. The summed E-state index contributed by atoms with van der Waals surface area (Å²) in [6.07, 6.45) is 1.14. The number of hydrogen-bond acceptors (Lipinski definition) is 6. The molecule has 0 atom stereocenters. The Morgan fingerprint density at radius 3 is 2.71 bits per heavy atom. The van der Waals surface area contributed by atoms with Gasteiger partial charge in [-0.3, -0.25) is 4.79 Å². The molecular formula is C14H15ClN6O3. The van der Waals surface area contributed by atoms with Gasteiger partial charge >= 0.3 is 6.03 Å². The molecule has 0 unspecified atom stereocenters. The van der Waals surface area contributed by atoms with Crippen molar-refractivity contribution >= 4 is 35.0 Å². The molecule has 2 rings (SSSR count). The number of nitrogens with zero attached hydrogens (tertiary/aromatic N) is 2. The second-order valence-electron chi connectivity index (χ2n) is 4.53. The summed E-state index contributed by atoms with van der Waals surface area (Å²) in [5.74, 6) is -0.714. The van der Waals surface area contributed by atoms with Gasteiger partial charge in [0.2, 0.25) is 5.88 Å². The Morgan fingerprint density at radius 1 is 1.33 bits per heavy atom. The van der Waals surface area contributed by atoms with Crippen LogP contribution in [0.25, 0.3) is 0 Å². The molecule has 1 aromatic heterocycles. The number of urea groups is 1. The third-order valence-electron chi connectivity index (χ3n) is 2.83. The maximum atomic E-state index is 11.5. The molecule has 126 valence electrons. The summed E-state index contributed by atoms with van der Waals surface area (Å²) in [5.41, 5.74) is 11.1. The average Bonchev–Trinajstić information content (AvgIpc) is 2.50. The van der Waals surface area contributed by atoms with Gasteiger partial charge in [0.25, 0.3) is 5.91 Å². The molecule has 0 aliphatic rings. The summed E-state index contributed by atoms with van der Waals surface area (Å²) in [5, 5.41) is 5.40. The molecule has 0 saturated carbocycles. The molecule has 24 heavy (non-hydrogen) atoms. The first-order valence-electron chi connectivity index (χ1n) is 6.85. The van der Waals surface area contributed by atoms with Crippen molar-refractivity contribution in [2.24, 2.45) is 5.73 Å². The summed E-state index contributed by atoms with van der Waals surface area (Å²) < 4.78 is 5.50. The molecule has 0 spiro atoms. The molecule has 3 amide bonds. The fourth-order valence-corrected chi connectivity index (χ4v) is 2.01. The van der Waals surface area contributed by atoms with E-state index in [-0.39, 0.29) is 34.1 Å². The third kappa shape index (κ3) is 4.02. The number of rotatable bonds is 5. The van der Waals surface area contributed by atoms with Crippen molar-refractivity contribution < 1.29 is 14.3 Å². The molecule has 0 aliphatic carbocycles. The van der Waals surface area contributed by atoms with E-state index >= 15 is 0 Å². The van der Waals surface area contributed by atoms with Crippen LogP contribution in [0.4, 0.5) is 16.3 Å². The van der Waals surface area contributed by atoms with Crippen molar-refractivity contribution in [3.05, 3.63) is 35.1 Å². The molecule has 0 aliphatic heterocycles. The fraction of sp³-hybridized carbons (Fsp3) is 0.143. The van der Waals surface area contributed by atoms with Crippen LogP contribution in [0, 0.1) is 0 Å². The summed E-state index contributed by atoms with van der Waals surface area (Å²) in [4.78, 5) is 30.5. The minimum atomic E-state index is -0.816. The van der Waals surface area contributed by atoms with Gasteiger partial charge in [0.15, 0.2) is 0 Å². The Labute approximate surface area is 142 Å². The molecule has 0 bridgehead atoms. The lowest BCUT2D eigenvalue weighted by Gasteiger charge is -2.11. The predicted molar refractivity (Wildman–Crippen MR) is 89.2 cm³/mol. The Bertz CT molecular complexity index is 783. The maximum Gasteiger partial charge on any atom is 0.319 e. The lowest BCUT2D eigenvalue weighted by atomic mass is 10.2. The van der Waals surface area contributed by atoms with Crippen LogP contribution >= 0.6 is 11.6 Å². The standard InChI is InChI=1S/C14H15ClN6O3/c1-2-18-14(23)21-9-4-3-7(5-8(9)15)24-13-10(12(17)22)11(16)19-6-20-13/h3-6H,2H2,1H3,(H2,17,22)(H2,16,19,20)(H2,18,21,23). The van der Waals surface area contributed by atoms with Gasteiger partial charge < -0.3 is 26.8 Å². The maximum absolute atomic E-state index is 11.5. The van der Waals surface area contributed by atoms with E-state index < -0.39 is 5.91 Å². The second-order valence-corrected chi connectivity index (χ2v) is 4.94. The number of halogens is 1. The van der Waals surface area contributed by atoms with Crippen LogP contribution in [0.1, 0.15) is 17.3 Å². The highest BCUT2D eigenvalue weighted by Gasteiger charge is 2.17. The van der Waals surface area contributed by atoms with Gasteiger partial charge in [-0.25, -0.2) is 14.8 Å². The fourth-order valence-electron chi connectivity index (χ4n) is 1.79. The van der Waals surface area contributed by atoms with Crippen LogP contribution in [0.15, 0.2) is 24.5 Å². The summed E-state index contributed by atoms with van der Waals surface area (Å²) >= 11 is 6.10. The number of nitrogens with two attached hydrogens (primary N) is 2. The lowest BCUT2D eigenvalue weighted by Crippen LogP contribution is -2.28. The van der Waals surface area contributed by atoms with Crippen LogP contribution in [-0.2, 0) is 0 Å². The van der Waals surface area contributed by atoms with E-state index in [1.165, 1.54) is 12.1 Å². The first-order valence-corrected chi connectivity index (χ1v) is 7.22. The number of carbonyl (C=O) groups is 2. The Balaban J connectivity index is 2.23. The molecule has 0 radical (unpaired) electrons. The number of carbonyl (C=O) groups excluding carboxylic acids is 2. The number of aromatic nitrogens is 2. The number of nitrogen functional groups attached to an aromatic ring is 1. The molecule has 1 aromatic carbocycles. The van der Waals surface area contributed by atoms with Crippen LogP contribution < -0.4 is 26.8 Å². The Morgan fingerprint density at radius 2 is 2.08 bits per heavy atom. The van der Waals surface area contributed by atoms with E-state index in [0.29, 0.717) is 12.2 Å². The van der Waals surface area contributed by atoms with Crippen molar-refractivity contribution in [2.75, 3.05) is 17.6 Å². The zero-order chi connectivity index (χ0) is 17.7. The highest BCUT2D eigenvalue weighted by molar-refractivity contribution is 6.33. The van der Waals surface area contributed by atoms with E-state index in [0.717, 1.165) is 6.33 Å². The summed E-state index contributed by atoms with van der Waals surface area (Å²) in [6, 6.07) is 4.15. The number of benzene rings is 1. The van der Waals surface area contributed by atoms with Crippen molar-refractivity contribution in [1.82, 2.24) is 15.3 Å². The molecular weight excluding hydrogens is 336 g/mol. The van der Waals surface area contributed by atoms with Gasteiger partial charge in [-0.1, -0.05) is 11.6 Å². The van der Waals surface area contributed by atoms with Gasteiger partial charge in [0, 0.05) is 12.6 Å². The van der Waals surface area contributed by atoms with Crippen molar-refractivity contribution in [1.29, 1.82) is 0 Å². The van der Waals surface area contributed by atoms with E-state index in [4.69, 9.17) is 27.8 Å². The normalized spacial score (nSPS) is 10.1. The number of primary amides is 1. The van der Waals surface area contributed by atoms with Crippen LogP contribution in [0.5, 0.6) is 11.6 Å². The predicted octanol–water partition coefficient (Wildman–Crippen LogP) is 1.74. The van der Waals surface area contributed by atoms with Crippen LogP contribution in [0.2, 0.25) is 5.02 Å². The van der Waals surface area contributed by atoms with Crippen molar-refractivity contribution in [2.45, 2.75) is 6.92 Å². The third-order valence-corrected chi connectivity index (χ3v) is 3.14. The molecule has 9 nitrogen and oxygen atoms in total. The van der Waals surface area contributed by atoms with Crippen LogP contribution in [0.3, 0.4) is 0 Å². The summed E-state index contributed by atoms with van der Waals surface area (Å²) in [7, 11) is 0. The van der Waals surface area contributed by atoms with Crippen LogP contribution in [-0.4, -0.2) is 28.5 Å². The topological polar surface area (TPSA) is 145 Å². The number of hydrogen-bond donors (Lipinski definition) is 4.